The Bertz CT molecular complexity index is 462. The standard InChI is InChI=1S/C11H11ClOS/c1-2-7-3-4-9(12)11-10(7)8(5-13)6-14-11/h3-4,6,13H,2,5H2,1H3. The van der Waals surface area contributed by atoms with Gasteiger partial charge in [-0.1, -0.05) is 24.6 Å². The van der Waals surface area contributed by atoms with Gasteiger partial charge >= 0.3 is 0 Å². The van der Waals surface area contributed by atoms with Crippen LogP contribution >= 0.6 is 22.9 Å². The van der Waals surface area contributed by atoms with E-state index in [2.05, 4.69) is 6.92 Å². The van der Waals surface area contributed by atoms with E-state index >= 15 is 0 Å². The largest absolute Gasteiger partial charge is 0.392 e. The van der Waals surface area contributed by atoms with Crippen molar-refractivity contribution in [2.75, 3.05) is 0 Å². The van der Waals surface area contributed by atoms with Gasteiger partial charge in [0, 0.05) is 5.39 Å². The van der Waals surface area contributed by atoms with Crippen LogP contribution in [0.15, 0.2) is 17.5 Å². The van der Waals surface area contributed by atoms with E-state index in [0.717, 1.165) is 27.1 Å². The van der Waals surface area contributed by atoms with Crippen LogP contribution in [0.1, 0.15) is 18.1 Å². The predicted octanol–water partition coefficient (Wildman–Crippen LogP) is 3.61. The van der Waals surface area contributed by atoms with Gasteiger partial charge in [-0.2, -0.15) is 0 Å². The van der Waals surface area contributed by atoms with Crippen LogP contribution in [0.4, 0.5) is 0 Å². The maximum atomic E-state index is 9.20. The summed E-state index contributed by atoms with van der Waals surface area (Å²) in [5, 5.41) is 13.1. The van der Waals surface area contributed by atoms with Crippen molar-refractivity contribution in [2.45, 2.75) is 20.0 Å². The number of fused-ring (bicyclic) bond motifs is 1. The monoisotopic (exact) mass is 226 g/mol. The maximum Gasteiger partial charge on any atom is 0.0696 e. The van der Waals surface area contributed by atoms with Gasteiger partial charge in [0.1, 0.15) is 0 Å². The molecule has 0 unspecified atom stereocenters. The highest BCUT2D eigenvalue weighted by atomic mass is 35.5. The van der Waals surface area contributed by atoms with Crippen LogP contribution in [0.2, 0.25) is 5.02 Å². The van der Waals surface area contributed by atoms with E-state index in [1.165, 1.54) is 5.56 Å². The summed E-state index contributed by atoms with van der Waals surface area (Å²) in [4.78, 5) is 0. The van der Waals surface area contributed by atoms with E-state index in [0.29, 0.717) is 0 Å². The van der Waals surface area contributed by atoms with E-state index in [1.807, 2.05) is 17.5 Å². The minimum absolute atomic E-state index is 0.0906. The first-order valence-electron chi connectivity index (χ1n) is 4.56. The average molecular weight is 227 g/mol. The second-order valence-corrected chi connectivity index (χ2v) is 4.47. The smallest absolute Gasteiger partial charge is 0.0696 e. The summed E-state index contributed by atoms with van der Waals surface area (Å²) in [5.74, 6) is 0. The SMILES string of the molecule is CCc1ccc(Cl)c2scc(CO)c12. The van der Waals surface area contributed by atoms with E-state index in [1.54, 1.807) is 11.3 Å². The Hall–Kier alpha value is -0.570. The second kappa shape index (κ2) is 3.89. The molecule has 1 heterocycles. The van der Waals surface area contributed by atoms with Crippen molar-refractivity contribution < 1.29 is 5.11 Å². The number of benzene rings is 1. The molecule has 2 aromatic rings. The number of aliphatic hydroxyl groups is 1. The first kappa shape index (κ1) is 9.97. The number of hydrogen-bond donors (Lipinski definition) is 1. The summed E-state index contributed by atoms with van der Waals surface area (Å²) < 4.78 is 1.09. The molecule has 3 heteroatoms. The fourth-order valence-corrected chi connectivity index (χ4v) is 2.97. The Balaban J connectivity index is 2.82. The van der Waals surface area contributed by atoms with Crippen molar-refractivity contribution in [3.63, 3.8) is 0 Å². The third kappa shape index (κ3) is 1.44. The number of thiophene rings is 1. The third-order valence-electron chi connectivity index (χ3n) is 2.39. The maximum absolute atomic E-state index is 9.20. The predicted molar refractivity (Wildman–Crippen MR) is 62.1 cm³/mol. The molecule has 1 N–H and O–H groups in total. The lowest BCUT2D eigenvalue weighted by atomic mass is 10.1. The van der Waals surface area contributed by atoms with Gasteiger partial charge in [0.25, 0.3) is 0 Å². The molecule has 0 saturated heterocycles. The van der Waals surface area contributed by atoms with Crippen molar-refractivity contribution in [2.24, 2.45) is 0 Å². The van der Waals surface area contributed by atoms with Gasteiger partial charge in [0.2, 0.25) is 0 Å². The van der Waals surface area contributed by atoms with Gasteiger partial charge in [0.15, 0.2) is 0 Å². The zero-order valence-electron chi connectivity index (χ0n) is 7.88. The number of aliphatic hydroxyl groups excluding tert-OH is 1. The first-order chi connectivity index (χ1) is 6.77. The summed E-state index contributed by atoms with van der Waals surface area (Å²) >= 11 is 7.69. The molecule has 0 amide bonds. The van der Waals surface area contributed by atoms with Crippen molar-refractivity contribution in [1.29, 1.82) is 0 Å². The summed E-state index contributed by atoms with van der Waals surface area (Å²) in [6, 6.07) is 3.97. The molecule has 1 nitrogen and oxygen atoms in total. The molecule has 0 bridgehead atoms. The molecule has 1 aromatic heterocycles. The van der Waals surface area contributed by atoms with Crippen molar-refractivity contribution in [3.8, 4) is 0 Å². The Morgan fingerprint density at radius 3 is 2.79 bits per heavy atom. The Morgan fingerprint density at radius 2 is 2.14 bits per heavy atom. The van der Waals surface area contributed by atoms with Gasteiger partial charge in [-0.3, -0.25) is 0 Å². The zero-order valence-corrected chi connectivity index (χ0v) is 9.45. The van der Waals surface area contributed by atoms with Gasteiger partial charge < -0.3 is 5.11 Å². The van der Waals surface area contributed by atoms with Gasteiger partial charge in [0.05, 0.1) is 16.3 Å². The highest BCUT2D eigenvalue weighted by Crippen LogP contribution is 2.34. The average Bonchev–Trinajstić information content (AvgIpc) is 2.63. The van der Waals surface area contributed by atoms with Crippen LogP contribution in [0.25, 0.3) is 10.1 Å². The number of halogens is 1. The van der Waals surface area contributed by atoms with Gasteiger partial charge in [-0.25, -0.2) is 0 Å². The molecular formula is C11H11ClOS. The zero-order chi connectivity index (χ0) is 10.1. The fraction of sp³-hybridized carbons (Fsp3) is 0.273. The number of rotatable bonds is 2. The molecule has 2 rings (SSSR count). The topological polar surface area (TPSA) is 20.2 Å². The second-order valence-electron chi connectivity index (χ2n) is 3.18. The Labute approximate surface area is 91.9 Å². The molecule has 0 spiro atoms. The molecule has 0 aliphatic rings. The van der Waals surface area contributed by atoms with Gasteiger partial charge in [-0.15, -0.1) is 11.3 Å². The molecule has 0 fully saturated rings. The molecule has 0 aliphatic heterocycles. The van der Waals surface area contributed by atoms with E-state index in [-0.39, 0.29) is 6.61 Å². The molecule has 14 heavy (non-hydrogen) atoms. The minimum atomic E-state index is 0.0906. The van der Waals surface area contributed by atoms with Crippen LogP contribution < -0.4 is 0 Å². The molecule has 0 saturated carbocycles. The van der Waals surface area contributed by atoms with Crippen molar-refractivity contribution >= 4 is 33.0 Å². The molecule has 0 atom stereocenters. The third-order valence-corrected chi connectivity index (χ3v) is 3.88. The van der Waals surface area contributed by atoms with Crippen LogP contribution in [-0.2, 0) is 13.0 Å². The van der Waals surface area contributed by atoms with Gasteiger partial charge in [-0.05, 0) is 29.0 Å². The Morgan fingerprint density at radius 1 is 1.36 bits per heavy atom. The van der Waals surface area contributed by atoms with E-state index in [9.17, 15) is 5.11 Å². The lowest BCUT2D eigenvalue weighted by Crippen LogP contribution is -1.86. The lowest BCUT2D eigenvalue weighted by molar-refractivity contribution is 0.283. The minimum Gasteiger partial charge on any atom is -0.392 e. The molecule has 0 aliphatic carbocycles. The summed E-state index contributed by atoms with van der Waals surface area (Å²) in [5.41, 5.74) is 2.25. The highest BCUT2D eigenvalue weighted by Gasteiger charge is 2.09. The quantitative estimate of drug-likeness (QED) is 0.830. The van der Waals surface area contributed by atoms with Crippen LogP contribution in [0, 0.1) is 0 Å². The normalized spacial score (nSPS) is 11.1. The Kier molecular flexibility index (Phi) is 2.77. The molecule has 74 valence electrons. The van der Waals surface area contributed by atoms with Crippen molar-refractivity contribution in [3.05, 3.63) is 33.7 Å². The van der Waals surface area contributed by atoms with E-state index < -0.39 is 0 Å². The van der Waals surface area contributed by atoms with Crippen LogP contribution in [-0.4, -0.2) is 5.11 Å². The lowest BCUT2D eigenvalue weighted by Gasteiger charge is -2.03. The fourth-order valence-electron chi connectivity index (χ4n) is 1.67. The number of hydrogen-bond acceptors (Lipinski definition) is 2. The first-order valence-corrected chi connectivity index (χ1v) is 5.82. The summed E-state index contributed by atoms with van der Waals surface area (Å²) in [7, 11) is 0. The summed E-state index contributed by atoms with van der Waals surface area (Å²) in [6.07, 6.45) is 0.970. The summed E-state index contributed by atoms with van der Waals surface area (Å²) in [6.45, 7) is 2.20. The highest BCUT2D eigenvalue weighted by molar-refractivity contribution is 7.18. The van der Waals surface area contributed by atoms with Crippen molar-refractivity contribution in [1.82, 2.24) is 0 Å². The van der Waals surface area contributed by atoms with Crippen LogP contribution in [0.5, 0.6) is 0 Å². The molecule has 1 aromatic carbocycles. The van der Waals surface area contributed by atoms with E-state index in [4.69, 9.17) is 11.6 Å². The van der Waals surface area contributed by atoms with Crippen LogP contribution in [0.3, 0.4) is 0 Å². The number of aryl methyl sites for hydroxylation is 1. The molecule has 0 radical (unpaired) electrons. The molecular weight excluding hydrogens is 216 g/mol.